The number of benzene rings is 1. The highest BCUT2D eigenvalue weighted by molar-refractivity contribution is 6.12. The molecule has 22 heavy (non-hydrogen) atoms. The Bertz CT molecular complexity index is 836. The number of amides is 1. The number of pyridine rings is 1. The maximum Gasteiger partial charge on any atom is 0.257 e. The first-order valence-electron chi connectivity index (χ1n) is 7.25. The number of aromatic nitrogens is 3. The Labute approximate surface area is 129 Å². The van der Waals surface area contributed by atoms with Crippen molar-refractivity contribution in [2.24, 2.45) is 7.05 Å². The largest absolute Gasteiger partial charge is 0.305 e. The second-order valence-electron chi connectivity index (χ2n) is 5.60. The number of hydrogen-bond acceptors (Lipinski definition) is 3. The monoisotopic (exact) mass is 294 g/mol. The Hall–Kier alpha value is -2.69. The van der Waals surface area contributed by atoms with Crippen LogP contribution in [0.3, 0.4) is 0 Å². The van der Waals surface area contributed by atoms with Gasteiger partial charge in [-0.25, -0.2) is 0 Å². The lowest BCUT2D eigenvalue weighted by molar-refractivity contribution is 0.102. The Morgan fingerprint density at radius 2 is 2.00 bits per heavy atom. The molecule has 1 N–H and O–H groups in total. The zero-order chi connectivity index (χ0) is 15.7. The highest BCUT2D eigenvalue weighted by Crippen LogP contribution is 2.23. The number of nitrogens with one attached hydrogen (secondary N) is 1. The Kier molecular flexibility index (Phi) is 3.63. The van der Waals surface area contributed by atoms with Gasteiger partial charge in [0.2, 0.25) is 0 Å². The van der Waals surface area contributed by atoms with Gasteiger partial charge in [-0.15, -0.1) is 0 Å². The SMILES string of the molecule is CC(C)c1cc(C(=O)Nc2ccn(C)n2)c2ccccc2n1. The van der Waals surface area contributed by atoms with Crippen molar-refractivity contribution in [1.82, 2.24) is 14.8 Å². The van der Waals surface area contributed by atoms with Crippen molar-refractivity contribution in [3.05, 3.63) is 53.9 Å². The third kappa shape index (κ3) is 2.70. The quantitative estimate of drug-likeness (QED) is 0.806. The summed E-state index contributed by atoms with van der Waals surface area (Å²) in [5.74, 6) is 0.629. The maximum absolute atomic E-state index is 12.6. The van der Waals surface area contributed by atoms with E-state index < -0.39 is 0 Å². The molecule has 0 saturated heterocycles. The lowest BCUT2D eigenvalue weighted by atomic mass is 10.0. The standard InChI is InChI=1S/C17H18N4O/c1-11(2)15-10-13(12-6-4-5-7-14(12)18-15)17(22)19-16-8-9-21(3)20-16/h4-11H,1-3H3,(H,19,20,22). The molecule has 0 spiro atoms. The fourth-order valence-electron chi connectivity index (χ4n) is 2.34. The minimum absolute atomic E-state index is 0.167. The van der Waals surface area contributed by atoms with Crippen LogP contribution in [-0.4, -0.2) is 20.7 Å². The molecule has 0 radical (unpaired) electrons. The van der Waals surface area contributed by atoms with E-state index >= 15 is 0 Å². The highest BCUT2D eigenvalue weighted by atomic mass is 16.1. The van der Waals surface area contributed by atoms with E-state index in [0.29, 0.717) is 11.4 Å². The molecule has 0 aliphatic carbocycles. The van der Waals surface area contributed by atoms with Crippen molar-refractivity contribution in [3.8, 4) is 0 Å². The van der Waals surface area contributed by atoms with Gasteiger partial charge in [0.1, 0.15) is 0 Å². The van der Waals surface area contributed by atoms with Crippen molar-refractivity contribution >= 4 is 22.6 Å². The summed E-state index contributed by atoms with van der Waals surface area (Å²) >= 11 is 0. The Balaban J connectivity index is 2.06. The molecule has 112 valence electrons. The van der Waals surface area contributed by atoms with Gasteiger partial charge < -0.3 is 5.32 Å². The van der Waals surface area contributed by atoms with Crippen LogP contribution in [0.15, 0.2) is 42.6 Å². The summed E-state index contributed by atoms with van der Waals surface area (Å²) in [5, 5.41) is 7.87. The molecule has 0 saturated carbocycles. The van der Waals surface area contributed by atoms with Crippen molar-refractivity contribution in [2.75, 3.05) is 5.32 Å². The number of anilines is 1. The van der Waals surface area contributed by atoms with E-state index in [-0.39, 0.29) is 11.8 Å². The average molecular weight is 294 g/mol. The molecule has 5 heteroatoms. The van der Waals surface area contributed by atoms with Crippen molar-refractivity contribution < 1.29 is 4.79 Å². The van der Waals surface area contributed by atoms with E-state index in [1.54, 1.807) is 16.9 Å². The van der Waals surface area contributed by atoms with Gasteiger partial charge in [-0.1, -0.05) is 32.0 Å². The minimum Gasteiger partial charge on any atom is -0.305 e. The number of carbonyl (C=O) groups is 1. The number of para-hydroxylation sites is 1. The van der Waals surface area contributed by atoms with E-state index in [1.807, 2.05) is 37.4 Å². The lowest BCUT2D eigenvalue weighted by Gasteiger charge is -2.11. The van der Waals surface area contributed by atoms with Gasteiger partial charge in [-0.3, -0.25) is 14.5 Å². The lowest BCUT2D eigenvalue weighted by Crippen LogP contribution is -2.14. The first kappa shape index (κ1) is 14.3. The van der Waals surface area contributed by atoms with Gasteiger partial charge in [-0.05, 0) is 18.1 Å². The number of carbonyl (C=O) groups excluding carboxylic acids is 1. The van der Waals surface area contributed by atoms with Crippen LogP contribution in [0.1, 0.15) is 35.8 Å². The first-order valence-corrected chi connectivity index (χ1v) is 7.25. The fraction of sp³-hybridized carbons (Fsp3) is 0.235. The van der Waals surface area contributed by atoms with Gasteiger partial charge in [0, 0.05) is 30.4 Å². The van der Waals surface area contributed by atoms with Crippen molar-refractivity contribution in [2.45, 2.75) is 19.8 Å². The summed E-state index contributed by atoms with van der Waals surface area (Å²) in [6.45, 7) is 4.13. The second-order valence-corrected chi connectivity index (χ2v) is 5.60. The van der Waals surface area contributed by atoms with Gasteiger partial charge in [-0.2, -0.15) is 5.10 Å². The molecule has 0 fully saturated rings. The molecular weight excluding hydrogens is 276 g/mol. The number of rotatable bonds is 3. The molecule has 3 aromatic rings. The van der Waals surface area contributed by atoms with E-state index in [4.69, 9.17) is 0 Å². The molecule has 2 heterocycles. The number of hydrogen-bond donors (Lipinski definition) is 1. The number of fused-ring (bicyclic) bond motifs is 1. The van der Waals surface area contributed by atoms with E-state index in [0.717, 1.165) is 16.6 Å². The van der Waals surface area contributed by atoms with E-state index in [2.05, 4.69) is 29.2 Å². The van der Waals surface area contributed by atoms with Crippen LogP contribution in [0.5, 0.6) is 0 Å². The predicted octanol–water partition coefficient (Wildman–Crippen LogP) is 3.34. The van der Waals surface area contributed by atoms with Gasteiger partial charge in [0.25, 0.3) is 5.91 Å². The van der Waals surface area contributed by atoms with E-state index in [9.17, 15) is 4.79 Å². The molecular formula is C17H18N4O. The summed E-state index contributed by atoms with van der Waals surface area (Å²) in [6.07, 6.45) is 1.79. The first-order chi connectivity index (χ1) is 10.5. The topological polar surface area (TPSA) is 59.8 Å². The molecule has 0 aliphatic rings. The van der Waals surface area contributed by atoms with Crippen LogP contribution in [0.2, 0.25) is 0 Å². The zero-order valence-electron chi connectivity index (χ0n) is 12.9. The molecule has 1 amide bonds. The summed E-state index contributed by atoms with van der Waals surface area (Å²) in [4.78, 5) is 17.3. The summed E-state index contributed by atoms with van der Waals surface area (Å²) in [6, 6.07) is 11.3. The number of nitrogens with zero attached hydrogens (tertiary/aromatic N) is 3. The van der Waals surface area contributed by atoms with Crippen LogP contribution in [0.4, 0.5) is 5.82 Å². The summed E-state index contributed by atoms with van der Waals surface area (Å²) in [7, 11) is 1.81. The molecule has 2 aromatic heterocycles. The average Bonchev–Trinajstić information content (AvgIpc) is 2.91. The van der Waals surface area contributed by atoms with Crippen LogP contribution in [0.25, 0.3) is 10.9 Å². The Morgan fingerprint density at radius 3 is 2.68 bits per heavy atom. The summed E-state index contributed by atoms with van der Waals surface area (Å²) in [5.41, 5.74) is 2.37. The van der Waals surface area contributed by atoms with Crippen molar-refractivity contribution in [1.29, 1.82) is 0 Å². The van der Waals surface area contributed by atoms with Crippen molar-refractivity contribution in [3.63, 3.8) is 0 Å². The third-order valence-electron chi connectivity index (χ3n) is 3.53. The van der Waals surface area contributed by atoms with Crippen LogP contribution in [-0.2, 0) is 7.05 Å². The predicted molar refractivity (Wildman–Crippen MR) is 87.0 cm³/mol. The summed E-state index contributed by atoms with van der Waals surface area (Å²) < 4.78 is 1.65. The van der Waals surface area contributed by atoms with Gasteiger partial charge in [0.05, 0.1) is 11.1 Å². The maximum atomic E-state index is 12.6. The van der Waals surface area contributed by atoms with Crippen LogP contribution in [0, 0.1) is 0 Å². The normalized spacial score (nSPS) is 11.1. The smallest absolute Gasteiger partial charge is 0.257 e. The van der Waals surface area contributed by atoms with Gasteiger partial charge in [0.15, 0.2) is 5.82 Å². The molecule has 0 bridgehead atoms. The molecule has 0 aliphatic heterocycles. The fourth-order valence-corrected chi connectivity index (χ4v) is 2.34. The molecule has 0 unspecified atom stereocenters. The highest BCUT2D eigenvalue weighted by Gasteiger charge is 2.15. The second kappa shape index (κ2) is 5.60. The van der Waals surface area contributed by atoms with Crippen LogP contribution < -0.4 is 5.32 Å². The minimum atomic E-state index is -0.167. The molecule has 0 atom stereocenters. The Morgan fingerprint density at radius 1 is 1.23 bits per heavy atom. The molecule has 1 aromatic carbocycles. The number of aryl methyl sites for hydroxylation is 1. The zero-order valence-corrected chi connectivity index (χ0v) is 12.9. The third-order valence-corrected chi connectivity index (χ3v) is 3.53. The molecule has 3 rings (SSSR count). The molecule has 5 nitrogen and oxygen atoms in total. The van der Waals surface area contributed by atoms with Gasteiger partial charge >= 0.3 is 0 Å². The van der Waals surface area contributed by atoms with E-state index in [1.165, 1.54) is 0 Å². The van der Waals surface area contributed by atoms with Crippen LogP contribution >= 0.6 is 0 Å².